The van der Waals surface area contributed by atoms with E-state index in [0.29, 0.717) is 16.8 Å². The fourth-order valence-electron chi connectivity index (χ4n) is 2.15. The first kappa shape index (κ1) is 12.3. The van der Waals surface area contributed by atoms with Gasteiger partial charge in [0.25, 0.3) is 0 Å². The molecule has 0 heterocycles. The molecule has 0 unspecified atom stereocenters. The predicted octanol–water partition coefficient (Wildman–Crippen LogP) is 3.36. The maximum absolute atomic E-state index is 13.5. The molecule has 1 aliphatic rings. The zero-order valence-corrected chi connectivity index (χ0v) is 10.7. The van der Waals surface area contributed by atoms with Gasteiger partial charge in [-0.2, -0.15) is 0 Å². The number of anilines is 1. The van der Waals surface area contributed by atoms with Gasteiger partial charge in [-0.1, -0.05) is 18.9 Å². The summed E-state index contributed by atoms with van der Waals surface area (Å²) in [5, 5.41) is 6.67. The number of hydrogen-bond acceptors (Lipinski definition) is 1. The number of benzene rings is 1. The monoisotopic (exact) mass is 252 g/mol. The standard InChI is InChI=1S/C13H17FN2S/c1-9-6-7-11(14)12(8-9)16-13(17)15-10-4-2-3-5-10/h6-8,10H,2-5H2,1H3,(H2,15,16,17). The van der Waals surface area contributed by atoms with Crippen LogP contribution in [0.4, 0.5) is 10.1 Å². The molecule has 0 atom stereocenters. The average Bonchev–Trinajstić information content (AvgIpc) is 2.76. The normalized spacial score (nSPS) is 15.9. The molecule has 2 N–H and O–H groups in total. The fraction of sp³-hybridized carbons (Fsp3) is 0.462. The van der Waals surface area contributed by atoms with E-state index in [9.17, 15) is 4.39 Å². The molecular weight excluding hydrogens is 235 g/mol. The summed E-state index contributed by atoms with van der Waals surface area (Å²) in [5.74, 6) is -0.272. The highest BCUT2D eigenvalue weighted by molar-refractivity contribution is 7.80. The van der Waals surface area contributed by atoms with E-state index in [1.165, 1.54) is 18.9 Å². The molecule has 0 radical (unpaired) electrons. The molecule has 0 aromatic heterocycles. The maximum atomic E-state index is 13.5. The highest BCUT2D eigenvalue weighted by Crippen LogP contribution is 2.19. The van der Waals surface area contributed by atoms with E-state index in [1.54, 1.807) is 12.1 Å². The molecule has 0 spiro atoms. The molecule has 0 amide bonds. The Hall–Kier alpha value is -1.16. The van der Waals surface area contributed by atoms with Gasteiger partial charge in [0.1, 0.15) is 5.82 Å². The van der Waals surface area contributed by atoms with Crippen LogP contribution in [0.15, 0.2) is 18.2 Å². The Morgan fingerprint density at radius 2 is 2.06 bits per heavy atom. The lowest BCUT2D eigenvalue weighted by atomic mass is 10.2. The van der Waals surface area contributed by atoms with Gasteiger partial charge >= 0.3 is 0 Å². The molecule has 17 heavy (non-hydrogen) atoms. The summed E-state index contributed by atoms with van der Waals surface area (Å²) >= 11 is 5.19. The van der Waals surface area contributed by atoms with Crippen LogP contribution < -0.4 is 10.6 Å². The van der Waals surface area contributed by atoms with Gasteiger partial charge in [-0.25, -0.2) is 4.39 Å². The van der Waals surface area contributed by atoms with Crippen molar-refractivity contribution in [2.75, 3.05) is 5.32 Å². The Bertz CT molecular complexity index is 414. The van der Waals surface area contributed by atoms with Gasteiger partial charge in [-0.05, 0) is 49.7 Å². The largest absolute Gasteiger partial charge is 0.360 e. The first-order valence-corrected chi connectivity index (χ1v) is 6.39. The molecule has 92 valence electrons. The van der Waals surface area contributed by atoms with Gasteiger partial charge in [-0.3, -0.25) is 0 Å². The summed E-state index contributed by atoms with van der Waals surface area (Å²) in [7, 11) is 0. The van der Waals surface area contributed by atoms with Crippen molar-refractivity contribution in [2.45, 2.75) is 38.6 Å². The second-order valence-corrected chi connectivity index (χ2v) is 4.97. The number of hydrogen-bond donors (Lipinski definition) is 2. The first-order chi connectivity index (χ1) is 8.15. The van der Waals surface area contributed by atoms with Crippen molar-refractivity contribution < 1.29 is 4.39 Å². The predicted molar refractivity (Wildman–Crippen MR) is 72.7 cm³/mol. The van der Waals surface area contributed by atoms with E-state index in [4.69, 9.17) is 12.2 Å². The minimum atomic E-state index is -0.272. The van der Waals surface area contributed by atoms with Crippen LogP contribution in [-0.4, -0.2) is 11.2 Å². The molecule has 2 nitrogen and oxygen atoms in total. The molecule has 4 heteroatoms. The van der Waals surface area contributed by atoms with Crippen LogP contribution >= 0.6 is 12.2 Å². The number of nitrogens with one attached hydrogen (secondary N) is 2. The Labute approximate surface area is 107 Å². The Morgan fingerprint density at radius 1 is 1.35 bits per heavy atom. The molecule has 1 aromatic carbocycles. The number of rotatable bonds is 2. The zero-order chi connectivity index (χ0) is 12.3. The molecule has 2 rings (SSSR count). The Balaban J connectivity index is 1.95. The number of aryl methyl sites for hydroxylation is 1. The molecule has 1 saturated carbocycles. The van der Waals surface area contributed by atoms with Crippen molar-refractivity contribution in [3.05, 3.63) is 29.6 Å². The van der Waals surface area contributed by atoms with Gasteiger partial charge in [0.05, 0.1) is 5.69 Å². The maximum Gasteiger partial charge on any atom is 0.171 e. The summed E-state index contributed by atoms with van der Waals surface area (Å²) < 4.78 is 13.5. The quantitative estimate of drug-likeness (QED) is 0.789. The van der Waals surface area contributed by atoms with Crippen molar-refractivity contribution in [2.24, 2.45) is 0 Å². The van der Waals surface area contributed by atoms with Gasteiger partial charge in [0, 0.05) is 6.04 Å². The van der Waals surface area contributed by atoms with Crippen molar-refractivity contribution in [1.29, 1.82) is 0 Å². The lowest BCUT2D eigenvalue weighted by Gasteiger charge is -2.16. The van der Waals surface area contributed by atoms with Crippen LogP contribution in [0.5, 0.6) is 0 Å². The third-order valence-electron chi connectivity index (χ3n) is 3.06. The lowest BCUT2D eigenvalue weighted by Crippen LogP contribution is -2.36. The summed E-state index contributed by atoms with van der Waals surface area (Å²) in [5.41, 5.74) is 1.46. The van der Waals surface area contributed by atoms with Crippen molar-refractivity contribution in [3.63, 3.8) is 0 Å². The van der Waals surface area contributed by atoms with Crippen molar-refractivity contribution in [1.82, 2.24) is 5.32 Å². The first-order valence-electron chi connectivity index (χ1n) is 5.99. The minimum Gasteiger partial charge on any atom is -0.360 e. The van der Waals surface area contributed by atoms with Crippen LogP contribution in [0, 0.1) is 12.7 Å². The molecule has 1 fully saturated rings. The van der Waals surface area contributed by atoms with Gasteiger partial charge in [0.2, 0.25) is 0 Å². The molecule has 1 aliphatic carbocycles. The van der Waals surface area contributed by atoms with Crippen LogP contribution in [0.3, 0.4) is 0 Å². The van der Waals surface area contributed by atoms with E-state index in [2.05, 4.69) is 10.6 Å². The van der Waals surface area contributed by atoms with E-state index in [1.807, 2.05) is 6.92 Å². The van der Waals surface area contributed by atoms with Crippen molar-refractivity contribution >= 4 is 23.0 Å². The third-order valence-corrected chi connectivity index (χ3v) is 3.28. The SMILES string of the molecule is Cc1ccc(F)c(NC(=S)NC2CCCC2)c1. The van der Waals surface area contributed by atoms with E-state index in [0.717, 1.165) is 18.4 Å². The summed E-state index contributed by atoms with van der Waals surface area (Å²) in [6, 6.07) is 5.41. The molecule has 0 saturated heterocycles. The second-order valence-electron chi connectivity index (χ2n) is 4.56. The molecular formula is C13H17FN2S. The number of thiocarbonyl (C=S) groups is 1. The number of halogens is 1. The Morgan fingerprint density at radius 3 is 2.76 bits per heavy atom. The van der Waals surface area contributed by atoms with E-state index < -0.39 is 0 Å². The van der Waals surface area contributed by atoms with Crippen LogP contribution in [0.2, 0.25) is 0 Å². The van der Waals surface area contributed by atoms with Crippen LogP contribution in [0.1, 0.15) is 31.2 Å². The zero-order valence-electron chi connectivity index (χ0n) is 9.92. The van der Waals surface area contributed by atoms with Crippen LogP contribution in [-0.2, 0) is 0 Å². The second kappa shape index (κ2) is 5.45. The van der Waals surface area contributed by atoms with Crippen molar-refractivity contribution in [3.8, 4) is 0 Å². The summed E-state index contributed by atoms with van der Waals surface area (Å²) in [6.45, 7) is 1.93. The van der Waals surface area contributed by atoms with Gasteiger partial charge in [0.15, 0.2) is 5.11 Å². The third kappa shape index (κ3) is 3.40. The molecule has 0 aliphatic heterocycles. The summed E-state index contributed by atoms with van der Waals surface area (Å²) in [6.07, 6.45) is 4.80. The highest BCUT2D eigenvalue weighted by Gasteiger charge is 2.15. The average molecular weight is 252 g/mol. The van der Waals surface area contributed by atoms with Crippen LogP contribution in [0.25, 0.3) is 0 Å². The van der Waals surface area contributed by atoms with E-state index >= 15 is 0 Å². The Kier molecular flexibility index (Phi) is 3.94. The molecule has 1 aromatic rings. The van der Waals surface area contributed by atoms with E-state index in [-0.39, 0.29) is 5.82 Å². The summed E-state index contributed by atoms with van der Waals surface area (Å²) in [4.78, 5) is 0. The van der Waals surface area contributed by atoms with Gasteiger partial charge in [-0.15, -0.1) is 0 Å². The topological polar surface area (TPSA) is 24.1 Å². The molecule has 0 bridgehead atoms. The van der Waals surface area contributed by atoms with Gasteiger partial charge < -0.3 is 10.6 Å². The minimum absolute atomic E-state index is 0.272. The fourth-order valence-corrected chi connectivity index (χ4v) is 2.43. The lowest BCUT2D eigenvalue weighted by molar-refractivity contribution is 0.626. The highest BCUT2D eigenvalue weighted by atomic mass is 32.1. The smallest absolute Gasteiger partial charge is 0.171 e.